The molecule has 0 saturated carbocycles. The van der Waals surface area contributed by atoms with Crippen LogP contribution >= 0.6 is 15.9 Å². The van der Waals surface area contributed by atoms with Crippen molar-refractivity contribution in [1.82, 2.24) is 0 Å². The van der Waals surface area contributed by atoms with Crippen molar-refractivity contribution in [2.45, 2.75) is 0 Å². The van der Waals surface area contributed by atoms with E-state index in [1.165, 1.54) is 0 Å². The minimum atomic E-state index is -0.274. The highest BCUT2D eigenvalue weighted by molar-refractivity contribution is 9.10. The molecule has 0 atom stereocenters. The van der Waals surface area contributed by atoms with Crippen molar-refractivity contribution >= 4 is 33.3 Å². The molecule has 0 aliphatic carbocycles. The Morgan fingerprint density at radius 3 is 2.00 bits per heavy atom. The van der Waals surface area contributed by atoms with E-state index < -0.39 is 0 Å². The summed E-state index contributed by atoms with van der Waals surface area (Å²) in [5.41, 5.74) is 3.74. The smallest absolute Gasteiger partial charge is 0.308 e. The van der Waals surface area contributed by atoms with Gasteiger partial charge in [0.05, 0.1) is 5.69 Å². The van der Waals surface area contributed by atoms with Crippen LogP contribution in [0, 0.1) is 0 Å². The predicted molar refractivity (Wildman–Crippen MR) is 98.7 cm³/mol. The standard InChI is InChI=1S/C19H15BrN2O/c20-17-8-4-5-9-18(17)22-19(23)21-16-12-10-15(11-13-16)14-6-2-1-3-7-14/h1-13H,(H2,21,22,23). The number of benzene rings is 3. The van der Waals surface area contributed by atoms with Crippen molar-refractivity contribution in [3.8, 4) is 11.1 Å². The van der Waals surface area contributed by atoms with Crippen LogP contribution in [0.25, 0.3) is 11.1 Å². The maximum Gasteiger partial charge on any atom is 0.323 e. The summed E-state index contributed by atoms with van der Waals surface area (Å²) in [6.45, 7) is 0. The zero-order valence-corrected chi connectivity index (χ0v) is 13.9. The van der Waals surface area contributed by atoms with Gasteiger partial charge < -0.3 is 10.6 Å². The number of hydrogen-bond donors (Lipinski definition) is 2. The van der Waals surface area contributed by atoms with Crippen molar-refractivity contribution in [1.29, 1.82) is 0 Å². The summed E-state index contributed by atoms with van der Waals surface area (Å²) >= 11 is 3.40. The number of para-hydroxylation sites is 1. The summed E-state index contributed by atoms with van der Waals surface area (Å²) in [6.07, 6.45) is 0. The Bertz CT molecular complexity index is 801. The summed E-state index contributed by atoms with van der Waals surface area (Å²) < 4.78 is 0.842. The van der Waals surface area contributed by atoms with Gasteiger partial charge in [0.15, 0.2) is 0 Å². The normalized spacial score (nSPS) is 10.1. The Labute approximate surface area is 143 Å². The lowest BCUT2D eigenvalue weighted by Crippen LogP contribution is -2.19. The highest BCUT2D eigenvalue weighted by Crippen LogP contribution is 2.23. The molecule has 4 heteroatoms. The van der Waals surface area contributed by atoms with Gasteiger partial charge in [-0.3, -0.25) is 0 Å². The molecule has 0 saturated heterocycles. The van der Waals surface area contributed by atoms with E-state index in [0.29, 0.717) is 0 Å². The molecule has 0 aromatic heterocycles. The van der Waals surface area contributed by atoms with Crippen molar-refractivity contribution < 1.29 is 4.79 Å². The summed E-state index contributed by atoms with van der Waals surface area (Å²) in [5.74, 6) is 0. The average Bonchev–Trinajstić information content (AvgIpc) is 2.58. The first kappa shape index (κ1) is 15.3. The van der Waals surface area contributed by atoms with Crippen molar-refractivity contribution in [3.05, 3.63) is 83.3 Å². The number of rotatable bonds is 3. The van der Waals surface area contributed by atoms with E-state index in [4.69, 9.17) is 0 Å². The Morgan fingerprint density at radius 2 is 1.30 bits per heavy atom. The molecule has 0 aliphatic rings. The molecule has 0 unspecified atom stereocenters. The molecule has 0 aliphatic heterocycles. The Balaban J connectivity index is 1.66. The van der Waals surface area contributed by atoms with Crippen LogP contribution < -0.4 is 10.6 Å². The van der Waals surface area contributed by atoms with Crippen LogP contribution in [0.1, 0.15) is 0 Å². The molecule has 2 amide bonds. The van der Waals surface area contributed by atoms with Crippen molar-refractivity contribution in [2.75, 3.05) is 10.6 Å². The molecule has 0 heterocycles. The highest BCUT2D eigenvalue weighted by Gasteiger charge is 2.05. The second-order valence-corrected chi connectivity index (χ2v) is 5.86. The fraction of sp³-hybridized carbons (Fsp3) is 0. The third kappa shape index (κ3) is 3.99. The lowest BCUT2D eigenvalue weighted by atomic mass is 10.1. The van der Waals surface area contributed by atoms with E-state index >= 15 is 0 Å². The molecule has 3 nitrogen and oxygen atoms in total. The number of anilines is 2. The molecule has 0 spiro atoms. The molecule has 3 aromatic carbocycles. The lowest BCUT2D eigenvalue weighted by Gasteiger charge is -2.09. The second-order valence-electron chi connectivity index (χ2n) is 5.00. The first-order valence-corrected chi connectivity index (χ1v) is 8.00. The summed E-state index contributed by atoms with van der Waals surface area (Å²) in [4.78, 5) is 12.0. The molecular weight excluding hydrogens is 352 g/mol. The van der Waals surface area contributed by atoms with E-state index in [1.54, 1.807) is 0 Å². The lowest BCUT2D eigenvalue weighted by molar-refractivity contribution is 0.262. The number of hydrogen-bond acceptors (Lipinski definition) is 1. The fourth-order valence-corrected chi connectivity index (χ4v) is 2.61. The molecule has 114 valence electrons. The molecule has 3 rings (SSSR count). The largest absolute Gasteiger partial charge is 0.323 e. The van der Waals surface area contributed by atoms with E-state index in [9.17, 15) is 4.79 Å². The highest BCUT2D eigenvalue weighted by atomic mass is 79.9. The molecule has 23 heavy (non-hydrogen) atoms. The van der Waals surface area contributed by atoms with Gasteiger partial charge in [-0.25, -0.2) is 4.79 Å². The van der Waals surface area contributed by atoms with Gasteiger partial charge in [0.25, 0.3) is 0 Å². The SMILES string of the molecule is O=C(Nc1ccc(-c2ccccc2)cc1)Nc1ccccc1Br. The average molecular weight is 367 g/mol. The molecular formula is C19H15BrN2O. The Morgan fingerprint density at radius 1 is 0.696 bits per heavy atom. The maximum absolute atomic E-state index is 12.0. The van der Waals surface area contributed by atoms with Crippen LogP contribution in [0.3, 0.4) is 0 Å². The quantitative estimate of drug-likeness (QED) is 0.607. The molecule has 3 aromatic rings. The van der Waals surface area contributed by atoms with Crippen molar-refractivity contribution in [2.24, 2.45) is 0 Å². The molecule has 0 bridgehead atoms. The van der Waals surface area contributed by atoms with Crippen LogP contribution in [0.15, 0.2) is 83.3 Å². The first-order valence-electron chi connectivity index (χ1n) is 7.20. The van der Waals surface area contributed by atoms with Crippen LogP contribution in [0.4, 0.5) is 16.2 Å². The van der Waals surface area contributed by atoms with E-state index in [2.05, 4.69) is 38.7 Å². The summed E-state index contributed by atoms with van der Waals surface area (Å²) in [7, 11) is 0. The predicted octanol–water partition coefficient (Wildman–Crippen LogP) is 5.76. The van der Waals surface area contributed by atoms with Crippen molar-refractivity contribution in [3.63, 3.8) is 0 Å². The first-order chi connectivity index (χ1) is 11.2. The van der Waals surface area contributed by atoms with Crippen LogP contribution in [-0.2, 0) is 0 Å². The molecule has 2 N–H and O–H groups in total. The number of halogens is 1. The van der Waals surface area contributed by atoms with Gasteiger partial charge in [0.1, 0.15) is 0 Å². The van der Waals surface area contributed by atoms with E-state index in [-0.39, 0.29) is 6.03 Å². The second kappa shape index (κ2) is 7.11. The molecule has 0 fully saturated rings. The number of carbonyl (C=O) groups is 1. The van der Waals surface area contributed by atoms with Gasteiger partial charge >= 0.3 is 6.03 Å². The van der Waals surface area contributed by atoms with Crippen LogP contribution in [-0.4, -0.2) is 6.03 Å². The van der Waals surface area contributed by atoms with E-state index in [1.807, 2.05) is 66.7 Å². The topological polar surface area (TPSA) is 41.1 Å². The summed E-state index contributed by atoms with van der Waals surface area (Å²) in [5, 5.41) is 5.63. The van der Waals surface area contributed by atoms with Gasteiger partial charge in [-0.2, -0.15) is 0 Å². The monoisotopic (exact) mass is 366 g/mol. The van der Waals surface area contributed by atoms with Gasteiger partial charge in [0.2, 0.25) is 0 Å². The zero-order chi connectivity index (χ0) is 16.1. The van der Waals surface area contributed by atoms with Gasteiger partial charge in [-0.15, -0.1) is 0 Å². The summed E-state index contributed by atoms with van der Waals surface area (Å²) in [6, 6.07) is 25.1. The van der Waals surface area contributed by atoms with Crippen LogP contribution in [0.2, 0.25) is 0 Å². The van der Waals surface area contributed by atoms with Gasteiger partial charge in [-0.1, -0.05) is 54.6 Å². The minimum Gasteiger partial charge on any atom is -0.308 e. The Kier molecular flexibility index (Phi) is 4.74. The number of urea groups is 1. The third-order valence-corrected chi connectivity index (χ3v) is 4.06. The third-order valence-electron chi connectivity index (χ3n) is 3.37. The zero-order valence-electron chi connectivity index (χ0n) is 12.3. The fourth-order valence-electron chi connectivity index (χ4n) is 2.22. The van der Waals surface area contributed by atoms with Gasteiger partial charge in [-0.05, 0) is 51.3 Å². The minimum absolute atomic E-state index is 0.274. The Hall–Kier alpha value is -2.59. The maximum atomic E-state index is 12.0. The van der Waals surface area contributed by atoms with Crippen LogP contribution in [0.5, 0.6) is 0 Å². The number of nitrogens with one attached hydrogen (secondary N) is 2. The number of carbonyl (C=O) groups excluding carboxylic acids is 1. The molecule has 0 radical (unpaired) electrons. The number of amides is 2. The van der Waals surface area contributed by atoms with E-state index in [0.717, 1.165) is 27.0 Å². The van der Waals surface area contributed by atoms with Gasteiger partial charge in [0, 0.05) is 10.2 Å².